The van der Waals surface area contributed by atoms with Gasteiger partial charge in [-0.1, -0.05) is 25.6 Å². The van der Waals surface area contributed by atoms with E-state index in [1.807, 2.05) is 11.0 Å². The summed E-state index contributed by atoms with van der Waals surface area (Å²) in [5, 5.41) is 12.6. The fourth-order valence-corrected chi connectivity index (χ4v) is 4.83. The standard InChI is InChI=1S/C26H31N5O5S/c1-4-14-35-26(34)21(16-27)25-31(6-3)24(33)22(37-25)17-28-19-8-7-9-20(15-19)36-18-23(32)30-12-10-29(5-2)11-13-30/h4,7-9,15,17,28H,1,5-6,10-14,18H2,2-3H3/b22-17+,25-21-. The van der Waals surface area contributed by atoms with Crippen LogP contribution in [0.15, 0.2) is 41.7 Å². The van der Waals surface area contributed by atoms with Gasteiger partial charge >= 0.3 is 5.97 Å². The number of hydrogen-bond donors (Lipinski definition) is 1. The first kappa shape index (κ1) is 27.7. The Morgan fingerprint density at radius 1 is 1.22 bits per heavy atom. The number of carbonyl (C=O) groups is 2. The third-order valence-electron chi connectivity index (χ3n) is 5.82. The fraction of sp³-hybridized carbons (Fsp3) is 0.385. The van der Waals surface area contributed by atoms with E-state index in [0.717, 1.165) is 31.0 Å². The Morgan fingerprint density at radius 2 is 1.97 bits per heavy atom. The van der Waals surface area contributed by atoms with Crippen LogP contribution in [0.4, 0.5) is 5.69 Å². The van der Waals surface area contributed by atoms with Crippen LogP contribution in [-0.4, -0.2) is 72.2 Å². The van der Waals surface area contributed by atoms with Gasteiger partial charge in [-0.25, -0.2) is 4.79 Å². The number of benzene rings is 1. The number of ether oxygens (including phenoxy) is 2. The number of piperazine rings is 1. The summed E-state index contributed by atoms with van der Waals surface area (Å²) < 4.78 is 12.6. The number of thiazole rings is 1. The van der Waals surface area contributed by atoms with Gasteiger partial charge in [-0.15, -0.1) is 11.3 Å². The van der Waals surface area contributed by atoms with E-state index >= 15 is 0 Å². The molecule has 1 aromatic heterocycles. The van der Waals surface area contributed by atoms with Crippen LogP contribution in [0.2, 0.25) is 0 Å². The van der Waals surface area contributed by atoms with Gasteiger partial charge in [0.05, 0.1) is 0 Å². The quantitative estimate of drug-likeness (QED) is 0.356. The van der Waals surface area contributed by atoms with Gasteiger partial charge in [-0.2, -0.15) is 5.26 Å². The molecule has 1 amide bonds. The number of rotatable bonds is 10. The number of likely N-dealkylation sites (N-methyl/N-ethyl adjacent to an activating group) is 1. The van der Waals surface area contributed by atoms with E-state index in [9.17, 15) is 19.6 Å². The van der Waals surface area contributed by atoms with Crippen molar-refractivity contribution >= 4 is 40.7 Å². The minimum atomic E-state index is -0.808. The second kappa shape index (κ2) is 13.4. The first-order valence-electron chi connectivity index (χ1n) is 12.0. The van der Waals surface area contributed by atoms with E-state index < -0.39 is 5.97 Å². The second-order valence-corrected chi connectivity index (χ2v) is 9.15. The first-order valence-corrected chi connectivity index (χ1v) is 12.8. The summed E-state index contributed by atoms with van der Waals surface area (Å²) in [6.45, 7) is 11.6. The highest BCUT2D eigenvalue weighted by Gasteiger charge is 2.20. The largest absolute Gasteiger partial charge is 0.484 e. The Bertz CT molecular complexity index is 1350. The molecule has 37 heavy (non-hydrogen) atoms. The number of aromatic nitrogens is 1. The summed E-state index contributed by atoms with van der Waals surface area (Å²) in [5.74, 6) is -0.345. The van der Waals surface area contributed by atoms with Crippen molar-refractivity contribution in [3.8, 4) is 11.8 Å². The zero-order valence-corrected chi connectivity index (χ0v) is 21.9. The van der Waals surface area contributed by atoms with Gasteiger partial charge in [-0.3, -0.25) is 14.2 Å². The molecule has 3 rings (SSSR count). The minimum Gasteiger partial charge on any atom is -0.484 e. The Balaban J connectivity index is 1.74. The van der Waals surface area contributed by atoms with Crippen molar-refractivity contribution < 1.29 is 19.1 Å². The van der Waals surface area contributed by atoms with Gasteiger partial charge in [0.2, 0.25) is 0 Å². The molecule has 0 atom stereocenters. The van der Waals surface area contributed by atoms with Crippen LogP contribution >= 0.6 is 11.3 Å². The van der Waals surface area contributed by atoms with Gasteiger partial charge < -0.3 is 24.6 Å². The molecule has 0 aliphatic carbocycles. The Kier molecular flexibility index (Phi) is 10.1. The molecule has 1 aliphatic heterocycles. The van der Waals surface area contributed by atoms with Crippen LogP contribution in [0.1, 0.15) is 13.8 Å². The molecule has 2 heterocycles. The lowest BCUT2D eigenvalue weighted by Crippen LogP contribution is -2.49. The molecule has 10 nitrogen and oxygen atoms in total. The molecule has 0 radical (unpaired) electrons. The molecule has 1 saturated heterocycles. The zero-order valence-electron chi connectivity index (χ0n) is 21.1. The SMILES string of the molecule is C=CCOC(=O)/C(C#N)=c1\s/c(=C/Nc2cccc(OCC(=O)N3CCN(CC)CC3)c2)c(=O)n1CC. The molecule has 1 fully saturated rings. The average Bonchev–Trinajstić information content (AvgIpc) is 3.24. The van der Waals surface area contributed by atoms with Gasteiger partial charge in [0.15, 0.2) is 12.2 Å². The summed E-state index contributed by atoms with van der Waals surface area (Å²) in [6, 6.07) is 8.90. The van der Waals surface area contributed by atoms with E-state index in [1.165, 1.54) is 16.8 Å². The average molecular weight is 526 g/mol. The minimum absolute atomic E-state index is 0.0359. The number of anilines is 1. The Labute approximate surface area is 219 Å². The van der Waals surface area contributed by atoms with Crippen LogP contribution in [-0.2, 0) is 20.9 Å². The molecule has 0 spiro atoms. The molecular formula is C26H31N5O5S. The summed E-state index contributed by atoms with van der Waals surface area (Å²) >= 11 is 1.02. The number of nitrogens with zero attached hydrogens (tertiary/aromatic N) is 4. The molecular weight excluding hydrogens is 494 g/mol. The number of amides is 1. The molecule has 1 N–H and O–H groups in total. The van der Waals surface area contributed by atoms with E-state index in [2.05, 4.69) is 23.7 Å². The lowest BCUT2D eigenvalue weighted by molar-refractivity contribution is -0.136. The Hall–Kier alpha value is -3.88. The molecule has 196 valence electrons. The fourth-order valence-electron chi connectivity index (χ4n) is 3.75. The van der Waals surface area contributed by atoms with Crippen LogP contribution in [0, 0.1) is 11.3 Å². The highest BCUT2D eigenvalue weighted by atomic mass is 32.1. The lowest BCUT2D eigenvalue weighted by Gasteiger charge is -2.33. The second-order valence-electron chi connectivity index (χ2n) is 8.12. The van der Waals surface area contributed by atoms with E-state index in [-0.39, 0.29) is 41.5 Å². The zero-order chi connectivity index (χ0) is 26.8. The maximum absolute atomic E-state index is 12.9. The number of nitrogens with one attached hydrogen (secondary N) is 1. The van der Waals surface area contributed by atoms with Crippen LogP contribution in [0.3, 0.4) is 0 Å². The lowest BCUT2D eigenvalue weighted by atomic mass is 10.3. The van der Waals surface area contributed by atoms with Crippen molar-refractivity contribution in [2.45, 2.75) is 20.4 Å². The van der Waals surface area contributed by atoms with Crippen molar-refractivity contribution in [2.24, 2.45) is 0 Å². The molecule has 0 unspecified atom stereocenters. The molecule has 0 bridgehead atoms. The van der Waals surface area contributed by atoms with Gasteiger partial charge in [0, 0.05) is 50.7 Å². The van der Waals surface area contributed by atoms with Gasteiger partial charge in [-0.05, 0) is 25.6 Å². The summed E-state index contributed by atoms with van der Waals surface area (Å²) in [6.07, 6.45) is 2.92. The number of hydrogen-bond acceptors (Lipinski definition) is 9. The number of carbonyl (C=O) groups excluding carboxylic acids is 2. The smallest absolute Gasteiger partial charge is 0.352 e. The van der Waals surface area contributed by atoms with E-state index in [4.69, 9.17) is 9.47 Å². The van der Waals surface area contributed by atoms with Crippen molar-refractivity contribution in [1.29, 1.82) is 5.26 Å². The molecule has 11 heteroatoms. The predicted molar refractivity (Wildman–Crippen MR) is 142 cm³/mol. The van der Waals surface area contributed by atoms with Crippen molar-refractivity contribution in [1.82, 2.24) is 14.4 Å². The highest BCUT2D eigenvalue weighted by molar-refractivity contribution is 7.07. The summed E-state index contributed by atoms with van der Waals surface area (Å²) in [4.78, 5) is 41.8. The molecule has 1 aliphatic rings. The highest BCUT2D eigenvalue weighted by Crippen LogP contribution is 2.17. The van der Waals surface area contributed by atoms with Crippen molar-refractivity contribution in [3.05, 3.63) is 56.5 Å². The van der Waals surface area contributed by atoms with Crippen LogP contribution in [0.25, 0.3) is 11.8 Å². The van der Waals surface area contributed by atoms with E-state index in [1.54, 1.807) is 31.2 Å². The number of nitriles is 1. The van der Waals surface area contributed by atoms with Crippen molar-refractivity contribution in [2.75, 3.05) is 51.3 Å². The van der Waals surface area contributed by atoms with Crippen LogP contribution < -0.4 is 24.8 Å². The molecule has 2 aromatic rings. The summed E-state index contributed by atoms with van der Waals surface area (Å²) in [7, 11) is 0. The van der Waals surface area contributed by atoms with E-state index in [0.29, 0.717) is 29.1 Å². The third-order valence-corrected chi connectivity index (χ3v) is 6.95. The normalized spacial score (nSPS) is 15.1. The maximum Gasteiger partial charge on any atom is 0.352 e. The van der Waals surface area contributed by atoms with Gasteiger partial charge in [0.25, 0.3) is 11.5 Å². The molecule has 1 aromatic carbocycles. The third kappa shape index (κ3) is 7.09. The van der Waals surface area contributed by atoms with Crippen LogP contribution in [0.5, 0.6) is 5.75 Å². The predicted octanol–water partition coefficient (Wildman–Crippen LogP) is 0.726. The first-order chi connectivity index (χ1) is 17.9. The van der Waals surface area contributed by atoms with Crippen molar-refractivity contribution in [3.63, 3.8) is 0 Å². The maximum atomic E-state index is 12.9. The molecule has 0 saturated carbocycles. The topological polar surface area (TPSA) is 117 Å². The van der Waals surface area contributed by atoms with Gasteiger partial charge in [0.1, 0.15) is 27.6 Å². The summed E-state index contributed by atoms with van der Waals surface area (Å²) in [5.41, 5.74) is 0.0795. The Morgan fingerprint density at radius 3 is 2.62 bits per heavy atom. The monoisotopic (exact) mass is 525 g/mol. The number of esters is 1.